The van der Waals surface area contributed by atoms with E-state index in [1.54, 1.807) is 13.8 Å². The van der Waals surface area contributed by atoms with Gasteiger partial charge >= 0.3 is 0 Å². The first-order valence-electron chi connectivity index (χ1n) is 13.4. The van der Waals surface area contributed by atoms with Crippen LogP contribution in [0.5, 0.6) is 0 Å². The maximum atomic E-state index is 15.0. The molecule has 196 valence electrons. The molecule has 0 aromatic carbocycles. The first-order chi connectivity index (χ1) is 16.5. The Balaban J connectivity index is 2.63. The average molecular weight is 489 g/mol. The van der Waals surface area contributed by atoms with Crippen LogP contribution in [0.15, 0.2) is 107 Å². The fraction of sp³-hybridized carbons (Fsp3) is 0.486. The Morgan fingerprint density at radius 2 is 1.69 bits per heavy atom. The van der Waals surface area contributed by atoms with Gasteiger partial charge in [-0.25, -0.2) is 4.39 Å². The van der Waals surface area contributed by atoms with Crippen LogP contribution in [0.3, 0.4) is 0 Å². The van der Waals surface area contributed by atoms with Crippen LogP contribution >= 0.6 is 0 Å². The van der Waals surface area contributed by atoms with E-state index >= 15 is 4.39 Å². The first kappa shape index (κ1) is 29.8. The number of allylic oxidation sites excluding steroid dienone is 14. The lowest BCUT2D eigenvalue weighted by molar-refractivity contribution is 0.219. The quantitative estimate of drug-likeness (QED) is 0.268. The monoisotopic (exact) mass is 488 g/mol. The second-order valence-corrected chi connectivity index (χ2v) is 12.5. The first-order valence-corrected chi connectivity index (χ1v) is 13.4. The summed E-state index contributed by atoms with van der Waals surface area (Å²) in [4.78, 5) is 0. The molecule has 0 heterocycles. The number of hydrogen-bond donors (Lipinski definition) is 0. The molecular formula is C35H49F. The predicted molar refractivity (Wildman–Crippen MR) is 159 cm³/mol. The highest BCUT2D eigenvalue weighted by molar-refractivity contribution is 5.58. The third kappa shape index (κ3) is 6.87. The molecule has 0 amide bonds. The number of alkyl halides is 1. The summed E-state index contributed by atoms with van der Waals surface area (Å²) in [5.74, 6) is 0. The minimum atomic E-state index is -1.36. The molecule has 1 fully saturated rings. The molecule has 1 heteroatoms. The molecule has 0 aliphatic heterocycles. The van der Waals surface area contributed by atoms with Crippen molar-refractivity contribution in [2.45, 2.75) is 99.6 Å². The molecule has 0 radical (unpaired) electrons. The molecule has 0 atom stereocenters. The van der Waals surface area contributed by atoms with E-state index in [0.717, 1.165) is 46.3 Å². The highest BCUT2D eigenvalue weighted by Gasteiger charge is 2.36. The van der Waals surface area contributed by atoms with Crippen LogP contribution in [0.4, 0.5) is 4.39 Å². The molecule has 2 rings (SSSR count). The van der Waals surface area contributed by atoms with E-state index in [1.807, 2.05) is 19.1 Å². The van der Waals surface area contributed by atoms with Crippen LogP contribution in [0.25, 0.3) is 0 Å². The molecule has 0 N–H and O–H groups in total. The number of halogens is 1. The van der Waals surface area contributed by atoms with Gasteiger partial charge in [-0.3, -0.25) is 0 Å². The summed E-state index contributed by atoms with van der Waals surface area (Å²) in [7, 11) is 0. The van der Waals surface area contributed by atoms with E-state index in [4.69, 9.17) is 0 Å². The zero-order valence-electron chi connectivity index (χ0n) is 24.3. The average Bonchev–Trinajstić information content (AvgIpc) is 2.73. The maximum Gasteiger partial charge on any atom is 0.126 e. The molecule has 0 nitrogen and oxygen atoms in total. The van der Waals surface area contributed by atoms with Gasteiger partial charge in [0.1, 0.15) is 5.67 Å². The van der Waals surface area contributed by atoms with Crippen LogP contribution in [0.2, 0.25) is 0 Å². The van der Waals surface area contributed by atoms with E-state index < -0.39 is 5.67 Å². The van der Waals surface area contributed by atoms with Crippen LogP contribution in [0.1, 0.15) is 93.9 Å². The molecule has 0 saturated heterocycles. The van der Waals surface area contributed by atoms with E-state index in [-0.39, 0.29) is 10.8 Å². The van der Waals surface area contributed by atoms with Gasteiger partial charge in [-0.1, -0.05) is 102 Å². The largest absolute Gasteiger partial charge is 0.240 e. The Morgan fingerprint density at radius 1 is 1.08 bits per heavy atom. The van der Waals surface area contributed by atoms with Crippen molar-refractivity contribution < 1.29 is 4.39 Å². The van der Waals surface area contributed by atoms with Crippen LogP contribution < -0.4 is 0 Å². The summed E-state index contributed by atoms with van der Waals surface area (Å²) < 4.78 is 15.0. The Hall–Kier alpha value is -2.41. The van der Waals surface area contributed by atoms with Crippen molar-refractivity contribution in [1.29, 1.82) is 0 Å². The molecule has 0 aromatic rings. The SMILES string of the molecule is C=C/C(=C(/C(=C)C)C(=C)CC1=C(C(=C)/C=C(\C=C/C)C(C)(C)C)C=C(C(C)(C)F)CC1)C1(C)CCC1. The van der Waals surface area contributed by atoms with Gasteiger partial charge in [0.05, 0.1) is 0 Å². The van der Waals surface area contributed by atoms with Gasteiger partial charge in [-0.15, -0.1) is 0 Å². The van der Waals surface area contributed by atoms with Crippen molar-refractivity contribution in [1.82, 2.24) is 0 Å². The van der Waals surface area contributed by atoms with E-state index in [9.17, 15) is 0 Å². The molecule has 1 saturated carbocycles. The zero-order chi connectivity index (χ0) is 27.5. The molecule has 0 spiro atoms. The molecule has 0 bridgehead atoms. The standard InChI is InChI=1S/C35H49F/c1-13-16-28(33(7,8)9)22-25(5)30-23-29(34(10,11)36)18-17-27(30)21-26(6)32(24(3)4)31(14-2)35(12)19-15-20-35/h13-14,16,22-23H,2-3,5-6,15,17-21H2,1,4,7-12H3/b16-13-,28-22+,32-31+. The summed E-state index contributed by atoms with van der Waals surface area (Å²) in [6, 6.07) is 0. The summed E-state index contributed by atoms with van der Waals surface area (Å²) >= 11 is 0. The second kappa shape index (κ2) is 11.3. The third-order valence-corrected chi connectivity index (χ3v) is 7.84. The Bertz CT molecular complexity index is 1070. The summed E-state index contributed by atoms with van der Waals surface area (Å²) in [5.41, 5.74) is 8.57. The van der Waals surface area contributed by atoms with Crippen molar-refractivity contribution in [2.24, 2.45) is 10.8 Å². The van der Waals surface area contributed by atoms with E-state index in [0.29, 0.717) is 6.42 Å². The normalized spacial score (nSPS) is 19.5. The minimum absolute atomic E-state index is 0.0206. The molecule has 0 aromatic heterocycles. The molecule has 0 unspecified atom stereocenters. The van der Waals surface area contributed by atoms with Gasteiger partial charge in [0, 0.05) is 0 Å². The summed E-state index contributed by atoms with van der Waals surface area (Å²) in [6.07, 6.45) is 16.3. The Labute approximate surface area is 221 Å². The lowest BCUT2D eigenvalue weighted by Crippen LogP contribution is -2.28. The zero-order valence-corrected chi connectivity index (χ0v) is 24.3. The van der Waals surface area contributed by atoms with Gasteiger partial charge < -0.3 is 0 Å². The van der Waals surface area contributed by atoms with Gasteiger partial charge in [0.2, 0.25) is 0 Å². The van der Waals surface area contributed by atoms with Crippen molar-refractivity contribution in [3.63, 3.8) is 0 Å². The highest BCUT2D eigenvalue weighted by Crippen LogP contribution is 2.50. The van der Waals surface area contributed by atoms with Crippen LogP contribution in [-0.2, 0) is 0 Å². The highest BCUT2D eigenvalue weighted by atomic mass is 19.1. The molecule has 2 aliphatic rings. The molecule has 36 heavy (non-hydrogen) atoms. The van der Waals surface area contributed by atoms with E-state index in [1.165, 1.54) is 36.0 Å². The van der Waals surface area contributed by atoms with Crippen LogP contribution in [-0.4, -0.2) is 5.67 Å². The lowest BCUT2D eigenvalue weighted by Gasteiger charge is -2.41. The van der Waals surface area contributed by atoms with E-state index in [2.05, 4.69) is 79.2 Å². The summed E-state index contributed by atoms with van der Waals surface area (Å²) in [6.45, 7) is 33.9. The maximum absolute atomic E-state index is 15.0. The van der Waals surface area contributed by atoms with Gasteiger partial charge in [-0.05, 0) is 110 Å². The van der Waals surface area contributed by atoms with Crippen molar-refractivity contribution in [3.8, 4) is 0 Å². The van der Waals surface area contributed by atoms with Gasteiger partial charge in [-0.2, -0.15) is 0 Å². The fourth-order valence-corrected chi connectivity index (χ4v) is 5.40. The van der Waals surface area contributed by atoms with Gasteiger partial charge in [0.25, 0.3) is 0 Å². The smallest absolute Gasteiger partial charge is 0.126 e. The molecular weight excluding hydrogens is 439 g/mol. The minimum Gasteiger partial charge on any atom is -0.240 e. The molecule has 2 aliphatic carbocycles. The topological polar surface area (TPSA) is 0 Å². The fourth-order valence-electron chi connectivity index (χ4n) is 5.40. The Morgan fingerprint density at radius 3 is 2.11 bits per heavy atom. The number of rotatable bonds is 10. The summed E-state index contributed by atoms with van der Waals surface area (Å²) in [5, 5.41) is 0. The number of hydrogen-bond acceptors (Lipinski definition) is 0. The lowest BCUT2D eigenvalue weighted by atomic mass is 9.63. The van der Waals surface area contributed by atoms with Crippen molar-refractivity contribution in [2.75, 3.05) is 0 Å². The van der Waals surface area contributed by atoms with Crippen LogP contribution in [0, 0.1) is 10.8 Å². The third-order valence-electron chi connectivity index (χ3n) is 7.84. The van der Waals surface area contributed by atoms with Crippen molar-refractivity contribution in [3.05, 3.63) is 107 Å². The Kier molecular flexibility index (Phi) is 9.38. The van der Waals surface area contributed by atoms with Gasteiger partial charge in [0.15, 0.2) is 0 Å². The second-order valence-electron chi connectivity index (χ2n) is 12.5. The van der Waals surface area contributed by atoms with Crippen molar-refractivity contribution >= 4 is 0 Å². The predicted octanol–water partition coefficient (Wildman–Crippen LogP) is 11.1.